The van der Waals surface area contributed by atoms with Crippen LogP contribution in [0.25, 0.3) is 0 Å². The number of hydrogen-bond donors (Lipinski definition) is 2. The minimum absolute atomic E-state index is 0.0520. The molecule has 0 spiro atoms. The maximum Gasteiger partial charge on any atom is 0.309 e. The number of carbonyl (C=O) groups excluding carboxylic acids is 2. The first-order valence-corrected chi connectivity index (χ1v) is 7.20. The molecular weight excluding hydrogens is 268 g/mol. The number of benzene rings is 1. The maximum absolute atomic E-state index is 11.7. The monoisotopic (exact) mass is 292 g/mol. The number of nitrogens with one attached hydrogen (secondary N) is 2. The van der Waals surface area contributed by atoms with Crippen LogP contribution in [0, 0.1) is 5.92 Å². The molecule has 0 atom stereocenters. The second-order valence-electron chi connectivity index (χ2n) is 5.56. The molecule has 116 valence electrons. The molecule has 0 aliphatic carbocycles. The van der Waals surface area contributed by atoms with Gasteiger partial charge in [0.25, 0.3) is 0 Å². The summed E-state index contributed by atoms with van der Waals surface area (Å²) in [6.45, 7) is 8.56. The molecule has 0 radical (unpaired) electrons. The number of hydrogen-bond acceptors (Lipinski definition) is 3. The minimum Gasteiger partial charge on any atom is -0.491 e. The van der Waals surface area contributed by atoms with Gasteiger partial charge in [-0.2, -0.15) is 0 Å². The Morgan fingerprint density at radius 1 is 1.05 bits per heavy atom. The molecule has 5 heteroatoms. The molecular formula is C16H24N2O3. The van der Waals surface area contributed by atoms with Crippen molar-refractivity contribution in [3.05, 3.63) is 29.8 Å². The predicted molar refractivity (Wildman–Crippen MR) is 81.9 cm³/mol. The van der Waals surface area contributed by atoms with E-state index in [2.05, 4.69) is 10.6 Å². The lowest BCUT2D eigenvalue weighted by Gasteiger charge is -2.14. The molecule has 0 unspecified atom stereocenters. The van der Waals surface area contributed by atoms with Crippen molar-refractivity contribution in [1.82, 2.24) is 10.6 Å². The summed E-state index contributed by atoms with van der Waals surface area (Å²) in [7, 11) is 0. The van der Waals surface area contributed by atoms with Crippen molar-refractivity contribution in [1.29, 1.82) is 0 Å². The molecule has 0 fully saturated rings. The van der Waals surface area contributed by atoms with Gasteiger partial charge >= 0.3 is 11.8 Å². The summed E-state index contributed by atoms with van der Waals surface area (Å²) in [5.41, 5.74) is 0.844. The Kier molecular flexibility index (Phi) is 6.72. The highest BCUT2D eigenvalue weighted by molar-refractivity contribution is 6.35. The fraction of sp³-hybridized carbons (Fsp3) is 0.500. The molecule has 0 aliphatic heterocycles. The third kappa shape index (κ3) is 6.29. The van der Waals surface area contributed by atoms with E-state index in [1.165, 1.54) is 0 Å². The van der Waals surface area contributed by atoms with Crippen LogP contribution in [0.4, 0.5) is 0 Å². The second kappa shape index (κ2) is 8.29. The highest BCUT2D eigenvalue weighted by Gasteiger charge is 2.14. The third-order valence-corrected chi connectivity index (χ3v) is 2.65. The molecule has 0 saturated heterocycles. The molecule has 1 aromatic rings. The molecule has 2 N–H and O–H groups in total. The minimum atomic E-state index is -0.630. The fourth-order valence-electron chi connectivity index (χ4n) is 1.65. The Hall–Kier alpha value is -2.04. The average Bonchev–Trinajstić information content (AvgIpc) is 2.42. The summed E-state index contributed by atoms with van der Waals surface area (Å²) in [5.74, 6) is -0.210. The first-order chi connectivity index (χ1) is 9.90. The van der Waals surface area contributed by atoms with Crippen molar-refractivity contribution >= 4 is 11.8 Å². The lowest BCUT2D eigenvalue weighted by atomic mass is 10.2. The highest BCUT2D eigenvalue weighted by Crippen LogP contribution is 2.18. The lowest BCUT2D eigenvalue weighted by molar-refractivity contribution is -0.139. The Balaban J connectivity index is 2.55. The molecule has 1 aromatic carbocycles. The molecule has 0 bridgehead atoms. The SMILES string of the molecule is CC(C)CNC(=O)C(=O)NCc1ccccc1OC(C)C. The van der Waals surface area contributed by atoms with Gasteiger partial charge in [0.15, 0.2) is 0 Å². The van der Waals surface area contributed by atoms with E-state index in [-0.39, 0.29) is 12.6 Å². The van der Waals surface area contributed by atoms with Gasteiger partial charge in [0.1, 0.15) is 5.75 Å². The van der Waals surface area contributed by atoms with Crippen molar-refractivity contribution < 1.29 is 14.3 Å². The van der Waals surface area contributed by atoms with Crippen LogP contribution in [0.5, 0.6) is 5.75 Å². The topological polar surface area (TPSA) is 67.4 Å². The first-order valence-electron chi connectivity index (χ1n) is 7.20. The highest BCUT2D eigenvalue weighted by atomic mass is 16.5. The summed E-state index contributed by atoms with van der Waals surface area (Å²) < 4.78 is 5.67. The Morgan fingerprint density at radius 3 is 2.29 bits per heavy atom. The fourth-order valence-corrected chi connectivity index (χ4v) is 1.65. The van der Waals surface area contributed by atoms with Gasteiger partial charge in [-0.25, -0.2) is 0 Å². The van der Waals surface area contributed by atoms with Crippen LogP contribution in [0.2, 0.25) is 0 Å². The van der Waals surface area contributed by atoms with Gasteiger partial charge in [-0.1, -0.05) is 32.0 Å². The Labute approximate surface area is 126 Å². The van der Waals surface area contributed by atoms with Crippen LogP contribution < -0.4 is 15.4 Å². The van der Waals surface area contributed by atoms with E-state index in [9.17, 15) is 9.59 Å². The summed E-state index contributed by atoms with van der Waals surface area (Å²) in [4.78, 5) is 23.3. The second-order valence-corrected chi connectivity index (χ2v) is 5.56. The summed E-state index contributed by atoms with van der Waals surface area (Å²) in [5, 5.41) is 5.19. The van der Waals surface area contributed by atoms with Gasteiger partial charge in [0.2, 0.25) is 0 Å². The van der Waals surface area contributed by atoms with Crippen LogP contribution in [-0.2, 0) is 16.1 Å². The van der Waals surface area contributed by atoms with E-state index in [1.54, 1.807) is 0 Å². The predicted octanol–water partition coefficient (Wildman–Crippen LogP) is 1.86. The molecule has 0 aromatic heterocycles. The normalized spacial score (nSPS) is 10.6. The number of rotatable bonds is 6. The molecule has 0 aliphatic rings. The van der Waals surface area contributed by atoms with Crippen molar-refractivity contribution in [2.75, 3.05) is 6.54 Å². The zero-order chi connectivity index (χ0) is 15.8. The number of ether oxygens (including phenoxy) is 1. The van der Waals surface area contributed by atoms with E-state index < -0.39 is 11.8 Å². The van der Waals surface area contributed by atoms with Gasteiger partial charge in [-0.05, 0) is 25.8 Å². The molecule has 2 amide bonds. The standard InChI is InChI=1S/C16H24N2O3/c1-11(2)9-17-15(19)16(20)18-10-13-7-5-6-8-14(13)21-12(3)4/h5-8,11-12H,9-10H2,1-4H3,(H,17,19)(H,18,20). The van der Waals surface area contributed by atoms with Crippen molar-refractivity contribution in [3.63, 3.8) is 0 Å². The largest absolute Gasteiger partial charge is 0.491 e. The van der Waals surface area contributed by atoms with Crippen LogP contribution in [0.1, 0.15) is 33.3 Å². The quantitative estimate of drug-likeness (QED) is 0.786. The summed E-state index contributed by atoms with van der Waals surface area (Å²) >= 11 is 0. The Morgan fingerprint density at radius 2 is 1.67 bits per heavy atom. The smallest absolute Gasteiger partial charge is 0.309 e. The number of carbonyl (C=O) groups is 2. The van der Waals surface area contributed by atoms with Gasteiger partial charge < -0.3 is 15.4 Å². The molecule has 21 heavy (non-hydrogen) atoms. The molecule has 5 nitrogen and oxygen atoms in total. The number of amides is 2. The zero-order valence-electron chi connectivity index (χ0n) is 13.1. The summed E-state index contributed by atoms with van der Waals surface area (Å²) in [6, 6.07) is 7.45. The lowest BCUT2D eigenvalue weighted by Crippen LogP contribution is -2.40. The van der Waals surface area contributed by atoms with Gasteiger partial charge in [0.05, 0.1) is 6.10 Å². The van der Waals surface area contributed by atoms with Crippen molar-refractivity contribution in [3.8, 4) is 5.75 Å². The molecule has 0 heterocycles. The molecule has 0 saturated carbocycles. The van der Waals surface area contributed by atoms with Crippen molar-refractivity contribution in [2.45, 2.75) is 40.3 Å². The molecule has 1 rings (SSSR count). The zero-order valence-corrected chi connectivity index (χ0v) is 13.1. The van der Waals surface area contributed by atoms with Crippen LogP contribution >= 0.6 is 0 Å². The third-order valence-electron chi connectivity index (χ3n) is 2.65. The number of para-hydroxylation sites is 1. The summed E-state index contributed by atoms with van der Waals surface area (Å²) in [6.07, 6.45) is 0.0520. The van der Waals surface area contributed by atoms with Crippen LogP contribution in [-0.4, -0.2) is 24.5 Å². The van der Waals surface area contributed by atoms with E-state index in [1.807, 2.05) is 52.0 Å². The van der Waals surface area contributed by atoms with Gasteiger partial charge in [-0.3, -0.25) is 9.59 Å². The van der Waals surface area contributed by atoms with Gasteiger partial charge in [-0.15, -0.1) is 0 Å². The average molecular weight is 292 g/mol. The van der Waals surface area contributed by atoms with E-state index in [0.717, 1.165) is 11.3 Å². The van der Waals surface area contributed by atoms with E-state index in [4.69, 9.17) is 4.74 Å². The Bertz CT molecular complexity index is 484. The maximum atomic E-state index is 11.7. The van der Waals surface area contributed by atoms with E-state index in [0.29, 0.717) is 12.5 Å². The van der Waals surface area contributed by atoms with E-state index >= 15 is 0 Å². The van der Waals surface area contributed by atoms with Crippen molar-refractivity contribution in [2.24, 2.45) is 5.92 Å². The van der Waals surface area contributed by atoms with Crippen LogP contribution in [0.3, 0.4) is 0 Å². The van der Waals surface area contributed by atoms with Gasteiger partial charge in [0, 0.05) is 18.7 Å². The first kappa shape index (κ1) is 17.0. The van der Waals surface area contributed by atoms with Crippen LogP contribution in [0.15, 0.2) is 24.3 Å².